The van der Waals surface area contributed by atoms with Gasteiger partial charge >= 0.3 is 0 Å². The third-order valence-corrected chi connectivity index (χ3v) is 3.77. The average Bonchev–Trinajstić information content (AvgIpc) is 3.04. The lowest BCUT2D eigenvalue weighted by molar-refractivity contribution is -0.129. The summed E-state index contributed by atoms with van der Waals surface area (Å²) in [6.45, 7) is 2.55. The number of aromatic nitrogens is 3. The summed E-state index contributed by atoms with van der Waals surface area (Å²) in [6.07, 6.45) is 6.66. The summed E-state index contributed by atoms with van der Waals surface area (Å²) >= 11 is 0. The fourth-order valence-corrected chi connectivity index (χ4v) is 2.64. The molecular formula is C15H18N4O2. The summed E-state index contributed by atoms with van der Waals surface area (Å²) in [5.41, 5.74) is 2.47. The first-order valence-electron chi connectivity index (χ1n) is 7.08. The Hall–Kier alpha value is -2.21. The molecule has 110 valence electrons. The molecule has 1 fully saturated rings. The molecule has 1 aliphatic rings. The molecule has 0 aliphatic carbocycles. The molecule has 1 amide bonds. The number of aromatic amines is 1. The largest absolute Gasteiger partial charge is 0.373 e. The van der Waals surface area contributed by atoms with Crippen molar-refractivity contribution in [3.8, 4) is 0 Å². The van der Waals surface area contributed by atoms with Crippen LogP contribution in [-0.4, -0.2) is 27.7 Å². The van der Waals surface area contributed by atoms with Crippen LogP contribution in [0.1, 0.15) is 30.2 Å². The Morgan fingerprint density at radius 3 is 3.19 bits per heavy atom. The minimum Gasteiger partial charge on any atom is -0.373 e. The average molecular weight is 286 g/mol. The molecule has 3 heterocycles. The smallest absolute Gasteiger partial charge is 0.230 e. The van der Waals surface area contributed by atoms with E-state index in [1.807, 2.05) is 19.1 Å². The molecule has 0 spiro atoms. The Balaban J connectivity index is 1.77. The first-order chi connectivity index (χ1) is 10.3. The molecule has 2 N–H and O–H groups in total. The number of carbonyl (C=O) groups is 1. The van der Waals surface area contributed by atoms with E-state index in [1.165, 1.54) is 0 Å². The van der Waals surface area contributed by atoms with Gasteiger partial charge in [-0.1, -0.05) is 0 Å². The summed E-state index contributed by atoms with van der Waals surface area (Å²) < 4.78 is 5.79. The van der Waals surface area contributed by atoms with E-state index in [2.05, 4.69) is 20.5 Å². The number of pyridine rings is 1. The summed E-state index contributed by atoms with van der Waals surface area (Å²) in [4.78, 5) is 16.8. The Morgan fingerprint density at radius 2 is 2.43 bits per heavy atom. The van der Waals surface area contributed by atoms with Crippen molar-refractivity contribution < 1.29 is 9.53 Å². The van der Waals surface area contributed by atoms with Crippen LogP contribution in [0.25, 0.3) is 0 Å². The Morgan fingerprint density at radius 1 is 1.52 bits per heavy atom. The van der Waals surface area contributed by atoms with Gasteiger partial charge < -0.3 is 10.1 Å². The lowest BCUT2D eigenvalue weighted by atomic mass is 9.90. The van der Waals surface area contributed by atoms with Crippen molar-refractivity contribution in [2.75, 3.05) is 11.9 Å². The zero-order valence-corrected chi connectivity index (χ0v) is 11.9. The van der Waals surface area contributed by atoms with Crippen LogP contribution in [0, 0.1) is 12.8 Å². The molecule has 21 heavy (non-hydrogen) atoms. The highest BCUT2D eigenvalue weighted by molar-refractivity contribution is 5.93. The highest BCUT2D eigenvalue weighted by atomic mass is 16.5. The lowest BCUT2D eigenvalue weighted by Gasteiger charge is -2.30. The minimum atomic E-state index is -0.241. The van der Waals surface area contributed by atoms with Gasteiger partial charge in [0.1, 0.15) is 0 Å². The molecule has 2 atom stereocenters. The number of rotatable bonds is 3. The molecular weight excluding hydrogens is 268 g/mol. The third-order valence-electron chi connectivity index (χ3n) is 3.77. The second kappa shape index (κ2) is 6.05. The van der Waals surface area contributed by atoms with Crippen molar-refractivity contribution >= 4 is 11.6 Å². The summed E-state index contributed by atoms with van der Waals surface area (Å²) in [5.74, 6) is -0.243. The molecule has 6 heteroatoms. The van der Waals surface area contributed by atoms with Crippen molar-refractivity contribution in [3.63, 3.8) is 0 Å². The van der Waals surface area contributed by atoms with Gasteiger partial charge in [0, 0.05) is 24.6 Å². The quantitative estimate of drug-likeness (QED) is 0.906. The van der Waals surface area contributed by atoms with Gasteiger partial charge in [-0.15, -0.1) is 0 Å². The lowest BCUT2D eigenvalue weighted by Crippen LogP contribution is -2.33. The maximum absolute atomic E-state index is 12.6. The van der Waals surface area contributed by atoms with Crippen molar-refractivity contribution in [2.45, 2.75) is 25.9 Å². The van der Waals surface area contributed by atoms with Gasteiger partial charge in [0.05, 0.1) is 29.6 Å². The summed E-state index contributed by atoms with van der Waals surface area (Å²) in [5, 5.41) is 9.68. The van der Waals surface area contributed by atoms with Crippen molar-refractivity contribution in [1.29, 1.82) is 0 Å². The second-order valence-corrected chi connectivity index (χ2v) is 5.20. The van der Waals surface area contributed by atoms with Crippen molar-refractivity contribution in [1.82, 2.24) is 15.2 Å². The molecule has 2 aromatic rings. The number of nitrogens with zero attached hydrogens (tertiary/aromatic N) is 2. The van der Waals surface area contributed by atoms with E-state index in [1.54, 1.807) is 18.6 Å². The van der Waals surface area contributed by atoms with Crippen LogP contribution in [0.2, 0.25) is 0 Å². The number of hydrogen-bond acceptors (Lipinski definition) is 4. The van der Waals surface area contributed by atoms with E-state index < -0.39 is 0 Å². The van der Waals surface area contributed by atoms with E-state index in [4.69, 9.17) is 4.74 Å². The third kappa shape index (κ3) is 2.95. The Labute approximate surface area is 122 Å². The van der Waals surface area contributed by atoms with E-state index in [-0.39, 0.29) is 17.9 Å². The molecule has 1 saturated heterocycles. The number of hydrogen-bond donors (Lipinski definition) is 2. The predicted octanol–water partition coefficient (Wildman–Crippen LogP) is 2.22. The molecule has 3 rings (SSSR count). The first kappa shape index (κ1) is 13.8. The SMILES string of the molecule is Cc1ncccc1NC(=O)[C@@H]1CCCO[C@H]1c1cn[nH]c1. The monoisotopic (exact) mass is 286 g/mol. The van der Waals surface area contributed by atoms with Gasteiger partial charge in [0.25, 0.3) is 0 Å². The normalized spacial score (nSPS) is 22.0. The molecule has 2 aromatic heterocycles. The highest BCUT2D eigenvalue weighted by Crippen LogP contribution is 2.34. The zero-order chi connectivity index (χ0) is 14.7. The zero-order valence-electron chi connectivity index (χ0n) is 11.9. The van der Waals surface area contributed by atoms with Crippen LogP contribution in [-0.2, 0) is 9.53 Å². The van der Waals surface area contributed by atoms with E-state index in [0.29, 0.717) is 6.61 Å². The Kier molecular flexibility index (Phi) is 3.96. The van der Waals surface area contributed by atoms with Crippen LogP contribution < -0.4 is 5.32 Å². The fourth-order valence-electron chi connectivity index (χ4n) is 2.64. The standard InChI is InChI=1S/C15H18N4O2/c1-10-13(5-2-6-16-10)19-15(20)12-4-3-7-21-14(12)11-8-17-18-9-11/h2,5-6,8-9,12,14H,3-4,7H2,1H3,(H,17,18)(H,19,20)/t12-,14+/m1/s1. The molecule has 0 aromatic carbocycles. The highest BCUT2D eigenvalue weighted by Gasteiger charge is 2.33. The second-order valence-electron chi connectivity index (χ2n) is 5.20. The number of ether oxygens (including phenoxy) is 1. The van der Waals surface area contributed by atoms with Crippen LogP contribution in [0.4, 0.5) is 5.69 Å². The topological polar surface area (TPSA) is 79.9 Å². The van der Waals surface area contributed by atoms with Gasteiger partial charge in [-0.05, 0) is 31.9 Å². The van der Waals surface area contributed by atoms with Gasteiger partial charge in [-0.25, -0.2) is 0 Å². The Bertz CT molecular complexity index is 612. The van der Waals surface area contributed by atoms with Gasteiger partial charge in [0.15, 0.2) is 0 Å². The van der Waals surface area contributed by atoms with Crippen molar-refractivity contribution in [2.24, 2.45) is 5.92 Å². The van der Waals surface area contributed by atoms with E-state index in [0.717, 1.165) is 29.8 Å². The number of amides is 1. The van der Waals surface area contributed by atoms with Crippen LogP contribution >= 0.6 is 0 Å². The number of carbonyl (C=O) groups excluding carboxylic acids is 1. The minimum absolute atomic E-state index is 0.0306. The van der Waals surface area contributed by atoms with Gasteiger partial charge in [-0.3, -0.25) is 14.9 Å². The van der Waals surface area contributed by atoms with Gasteiger partial charge in [-0.2, -0.15) is 5.10 Å². The van der Waals surface area contributed by atoms with Gasteiger partial charge in [0.2, 0.25) is 5.91 Å². The molecule has 6 nitrogen and oxygen atoms in total. The molecule has 0 saturated carbocycles. The first-order valence-corrected chi connectivity index (χ1v) is 7.08. The molecule has 0 unspecified atom stereocenters. The molecule has 1 aliphatic heterocycles. The fraction of sp³-hybridized carbons (Fsp3) is 0.400. The van der Waals surface area contributed by atoms with E-state index in [9.17, 15) is 4.79 Å². The van der Waals surface area contributed by atoms with Crippen LogP contribution in [0.3, 0.4) is 0 Å². The van der Waals surface area contributed by atoms with Crippen LogP contribution in [0.15, 0.2) is 30.7 Å². The predicted molar refractivity (Wildman–Crippen MR) is 77.6 cm³/mol. The van der Waals surface area contributed by atoms with Crippen LogP contribution in [0.5, 0.6) is 0 Å². The van der Waals surface area contributed by atoms with Crippen molar-refractivity contribution in [3.05, 3.63) is 42.0 Å². The molecule has 0 radical (unpaired) electrons. The number of aryl methyl sites for hydroxylation is 1. The summed E-state index contributed by atoms with van der Waals surface area (Å²) in [7, 11) is 0. The maximum Gasteiger partial charge on any atom is 0.230 e. The number of H-pyrrole nitrogens is 1. The molecule has 0 bridgehead atoms. The number of nitrogens with one attached hydrogen (secondary N) is 2. The maximum atomic E-state index is 12.6. The number of anilines is 1. The summed E-state index contributed by atoms with van der Waals surface area (Å²) in [6, 6.07) is 3.67. The van der Waals surface area contributed by atoms with E-state index >= 15 is 0 Å².